The van der Waals surface area contributed by atoms with Crippen LogP contribution in [0.25, 0.3) is 0 Å². The maximum atomic E-state index is 12.0. The molecule has 1 aromatic heterocycles. The lowest BCUT2D eigenvalue weighted by Gasteiger charge is -2.14. The third-order valence-corrected chi connectivity index (χ3v) is 3.42. The van der Waals surface area contributed by atoms with Gasteiger partial charge in [-0.25, -0.2) is 4.68 Å². The molecule has 1 saturated carbocycles. The number of aromatic amines is 1. The summed E-state index contributed by atoms with van der Waals surface area (Å²) in [7, 11) is 0. The summed E-state index contributed by atoms with van der Waals surface area (Å²) in [6.07, 6.45) is 2.88. The number of nitrogens with zero attached hydrogens (tertiary/aromatic N) is 1. The minimum absolute atomic E-state index is 0.134. The molecule has 17 heavy (non-hydrogen) atoms. The van der Waals surface area contributed by atoms with E-state index in [4.69, 9.17) is 5.73 Å². The largest absolute Gasteiger partial charge is 0.393 e. The summed E-state index contributed by atoms with van der Waals surface area (Å²) in [4.78, 5) is 12.0. The van der Waals surface area contributed by atoms with Gasteiger partial charge in [0, 0.05) is 0 Å². The minimum Gasteiger partial charge on any atom is -0.393 e. The van der Waals surface area contributed by atoms with E-state index in [0.29, 0.717) is 11.6 Å². The standard InChI is InChI=1S/C12H21N3O2/c1-7(2)6-8-11(13)12(17)15(14-8)9-4-3-5-10(9)16/h7,9-10,14,16H,3-6,13H2,1-2H3. The molecule has 0 saturated heterocycles. The molecule has 0 bridgehead atoms. The second-order valence-electron chi connectivity index (χ2n) is 5.34. The van der Waals surface area contributed by atoms with Crippen LogP contribution in [-0.2, 0) is 6.42 Å². The van der Waals surface area contributed by atoms with E-state index in [2.05, 4.69) is 18.9 Å². The quantitative estimate of drug-likeness (QED) is 0.737. The summed E-state index contributed by atoms with van der Waals surface area (Å²) in [5.74, 6) is 0.442. The number of nitrogens with one attached hydrogen (secondary N) is 1. The number of aliphatic hydroxyl groups excluding tert-OH is 1. The zero-order valence-electron chi connectivity index (χ0n) is 10.4. The predicted molar refractivity (Wildman–Crippen MR) is 66.9 cm³/mol. The van der Waals surface area contributed by atoms with Gasteiger partial charge in [-0.2, -0.15) is 0 Å². The topological polar surface area (TPSA) is 84.0 Å². The number of anilines is 1. The Bertz CT molecular complexity index is 447. The van der Waals surface area contributed by atoms with Gasteiger partial charge in [0.05, 0.1) is 17.8 Å². The number of hydrogen-bond donors (Lipinski definition) is 3. The highest BCUT2D eigenvalue weighted by Crippen LogP contribution is 2.29. The molecule has 1 aromatic rings. The summed E-state index contributed by atoms with van der Waals surface area (Å²) < 4.78 is 1.52. The second kappa shape index (κ2) is 4.56. The van der Waals surface area contributed by atoms with Crippen molar-refractivity contribution in [3.8, 4) is 0 Å². The molecule has 96 valence electrons. The van der Waals surface area contributed by atoms with Crippen molar-refractivity contribution in [2.45, 2.75) is 51.7 Å². The Hall–Kier alpha value is -1.23. The average Bonchev–Trinajstić information content (AvgIpc) is 2.77. The van der Waals surface area contributed by atoms with Crippen molar-refractivity contribution < 1.29 is 5.11 Å². The molecule has 5 heteroatoms. The van der Waals surface area contributed by atoms with Crippen LogP contribution in [0.3, 0.4) is 0 Å². The van der Waals surface area contributed by atoms with Crippen molar-refractivity contribution >= 4 is 5.69 Å². The van der Waals surface area contributed by atoms with Gasteiger partial charge in [0.1, 0.15) is 5.69 Å². The summed E-state index contributed by atoms with van der Waals surface area (Å²) in [6.45, 7) is 4.17. The van der Waals surface area contributed by atoms with Gasteiger partial charge in [-0.3, -0.25) is 9.89 Å². The van der Waals surface area contributed by atoms with Crippen LogP contribution in [0, 0.1) is 5.92 Å². The third-order valence-electron chi connectivity index (χ3n) is 3.42. The number of hydrogen-bond acceptors (Lipinski definition) is 3. The highest BCUT2D eigenvalue weighted by Gasteiger charge is 2.29. The molecule has 2 unspecified atom stereocenters. The Balaban J connectivity index is 2.32. The van der Waals surface area contributed by atoms with Gasteiger partial charge in [0.2, 0.25) is 0 Å². The lowest BCUT2D eigenvalue weighted by Crippen LogP contribution is -2.28. The average molecular weight is 239 g/mol. The molecule has 2 atom stereocenters. The fraction of sp³-hybridized carbons (Fsp3) is 0.750. The van der Waals surface area contributed by atoms with Crippen molar-refractivity contribution in [2.24, 2.45) is 5.92 Å². The molecular formula is C12H21N3O2. The SMILES string of the molecule is CC(C)Cc1[nH]n(C2CCCC2O)c(=O)c1N. The first-order valence-electron chi connectivity index (χ1n) is 6.27. The lowest BCUT2D eigenvalue weighted by atomic mass is 10.1. The van der Waals surface area contributed by atoms with Gasteiger partial charge in [-0.05, 0) is 31.6 Å². The summed E-state index contributed by atoms with van der Waals surface area (Å²) >= 11 is 0. The normalized spacial score (nSPS) is 24.7. The van der Waals surface area contributed by atoms with Crippen LogP contribution in [-0.4, -0.2) is 21.0 Å². The third kappa shape index (κ3) is 2.24. The number of nitrogen functional groups attached to an aromatic ring is 1. The Kier molecular flexibility index (Phi) is 3.28. The van der Waals surface area contributed by atoms with Crippen molar-refractivity contribution in [3.63, 3.8) is 0 Å². The zero-order valence-corrected chi connectivity index (χ0v) is 10.4. The van der Waals surface area contributed by atoms with E-state index < -0.39 is 6.10 Å². The van der Waals surface area contributed by atoms with Crippen molar-refractivity contribution in [1.82, 2.24) is 9.78 Å². The van der Waals surface area contributed by atoms with Gasteiger partial charge in [0.15, 0.2) is 0 Å². The first-order chi connectivity index (χ1) is 8.00. The maximum Gasteiger partial charge on any atom is 0.290 e. The smallest absolute Gasteiger partial charge is 0.290 e. The van der Waals surface area contributed by atoms with Gasteiger partial charge in [-0.15, -0.1) is 0 Å². The Morgan fingerprint density at radius 1 is 1.53 bits per heavy atom. The molecule has 0 aliphatic heterocycles. The molecule has 1 heterocycles. The van der Waals surface area contributed by atoms with E-state index in [1.165, 1.54) is 4.68 Å². The molecule has 1 aliphatic rings. The van der Waals surface area contributed by atoms with Crippen molar-refractivity contribution in [3.05, 3.63) is 16.0 Å². The van der Waals surface area contributed by atoms with Crippen LogP contribution in [0.1, 0.15) is 44.8 Å². The highest BCUT2D eigenvalue weighted by molar-refractivity contribution is 5.41. The van der Waals surface area contributed by atoms with Gasteiger partial charge >= 0.3 is 0 Å². The van der Waals surface area contributed by atoms with Gasteiger partial charge in [0.25, 0.3) is 5.56 Å². The van der Waals surface area contributed by atoms with Crippen LogP contribution >= 0.6 is 0 Å². The minimum atomic E-state index is -0.433. The fourth-order valence-corrected chi connectivity index (χ4v) is 2.53. The van der Waals surface area contributed by atoms with Crippen LogP contribution in [0.4, 0.5) is 5.69 Å². The molecule has 1 aliphatic carbocycles. The van der Waals surface area contributed by atoms with Crippen molar-refractivity contribution in [2.75, 3.05) is 5.73 Å². The highest BCUT2D eigenvalue weighted by atomic mass is 16.3. The van der Waals surface area contributed by atoms with Crippen molar-refractivity contribution in [1.29, 1.82) is 0 Å². The Labute approximate surface area is 101 Å². The first kappa shape index (κ1) is 12.2. The van der Waals surface area contributed by atoms with Gasteiger partial charge < -0.3 is 10.8 Å². The Morgan fingerprint density at radius 3 is 2.76 bits per heavy atom. The monoisotopic (exact) mass is 239 g/mol. The van der Waals surface area contributed by atoms with Crippen LogP contribution in [0.2, 0.25) is 0 Å². The maximum absolute atomic E-state index is 12.0. The molecular weight excluding hydrogens is 218 g/mol. The van der Waals surface area contributed by atoms with E-state index >= 15 is 0 Å². The number of nitrogens with two attached hydrogens (primary N) is 1. The van der Waals surface area contributed by atoms with E-state index in [1.807, 2.05) is 0 Å². The number of H-pyrrole nitrogens is 1. The number of aliphatic hydroxyl groups is 1. The van der Waals surface area contributed by atoms with Crippen LogP contribution < -0.4 is 11.3 Å². The number of aromatic nitrogens is 2. The van der Waals surface area contributed by atoms with Crippen LogP contribution in [0.15, 0.2) is 4.79 Å². The second-order valence-corrected chi connectivity index (χ2v) is 5.34. The van der Waals surface area contributed by atoms with E-state index in [1.54, 1.807) is 0 Å². The molecule has 0 aromatic carbocycles. The Morgan fingerprint density at radius 2 is 2.24 bits per heavy atom. The molecule has 2 rings (SSSR count). The summed E-state index contributed by atoms with van der Waals surface area (Å²) in [5, 5.41) is 12.9. The summed E-state index contributed by atoms with van der Waals surface area (Å²) in [6, 6.07) is -0.134. The molecule has 4 N–H and O–H groups in total. The van der Waals surface area contributed by atoms with E-state index in [-0.39, 0.29) is 11.6 Å². The molecule has 1 fully saturated rings. The van der Waals surface area contributed by atoms with Gasteiger partial charge in [-0.1, -0.05) is 13.8 Å². The molecule has 5 nitrogen and oxygen atoms in total. The van der Waals surface area contributed by atoms with Crippen LogP contribution in [0.5, 0.6) is 0 Å². The summed E-state index contributed by atoms with van der Waals surface area (Å²) in [5.41, 5.74) is 6.73. The molecule has 0 amide bonds. The lowest BCUT2D eigenvalue weighted by molar-refractivity contribution is 0.128. The van der Waals surface area contributed by atoms with E-state index in [0.717, 1.165) is 31.4 Å². The zero-order chi connectivity index (χ0) is 12.6. The van der Waals surface area contributed by atoms with E-state index in [9.17, 15) is 9.90 Å². The molecule has 0 radical (unpaired) electrons. The fourth-order valence-electron chi connectivity index (χ4n) is 2.53. The predicted octanol–water partition coefficient (Wildman–Crippen LogP) is 1.04. The molecule has 0 spiro atoms. The number of rotatable bonds is 3. The first-order valence-corrected chi connectivity index (χ1v) is 6.27.